The molecule has 3 rings (SSSR count). The largest absolute Gasteiger partial charge is 0.370 e. The summed E-state index contributed by atoms with van der Waals surface area (Å²) in [6.07, 6.45) is 2.99. The topological polar surface area (TPSA) is 66.0 Å². The number of aryl methyl sites for hydroxylation is 2. The number of anilines is 2. The lowest BCUT2D eigenvalue weighted by Gasteiger charge is -2.17. The molecule has 0 saturated carbocycles. The fourth-order valence-electron chi connectivity index (χ4n) is 2.49. The molecule has 2 aromatic heterocycles. The van der Waals surface area contributed by atoms with E-state index in [4.69, 9.17) is 0 Å². The molecule has 0 unspecified atom stereocenters. The first-order valence-corrected chi connectivity index (χ1v) is 8.42. The van der Waals surface area contributed by atoms with Gasteiger partial charge in [0.25, 0.3) is 0 Å². The van der Waals surface area contributed by atoms with Gasteiger partial charge in [-0.25, -0.2) is 9.78 Å². The van der Waals surface area contributed by atoms with Gasteiger partial charge in [0.15, 0.2) is 0 Å². The van der Waals surface area contributed by atoms with Crippen LogP contribution in [0.5, 0.6) is 0 Å². The van der Waals surface area contributed by atoms with E-state index in [2.05, 4.69) is 33.1 Å². The minimum atomic E-state index is -0.169. The number of aromatic nitrogens is 1. The van der Waals surface area contributed by atoms with Crippen molar-refractivity contribution in [2.75, 3.05) is 23.7 Å². The number of fused-ring (bicyclic) bond motifs is 1. The van der Waals surface area contributed by atoms with E-state index in [-0.39, 0.29) is 6.03 Å². The Hall–Kier alpha value is -2.08. The predicted octanol–water partition coefficient (Wildman–Crippen LogP) is 3.17. The summed E-state index contributed by atoms with van der Waals surface area (Å²) in [5.74, 6) is 1.00. The number of urea groups is 1. The second-order valence-electron chi connectivity index (χ2n) is 5.36. The van der Waals surface area contributed by atoms with Gasteiger partial charge in [-0.2, -0.15) is 0 Å². The highest BCUT2D eigenvalue weighted by atomic mass is 32.1. The standard InChI is InChI=1S/C16H20N4OS/c1-11-14(7-10-22-11)20-16(21)18-9-6-13-5-4-12-3-2-8-17-15(12)19-13/h4-5,7,10H,2-3,6,8-9H2,1H3,(H,17,19)(H2,18,20,21). The SMILES string of the molecule is Cc1sccc1NC(=O)NCCc1ccc2c(n1)NCCC2. The van der Waals surface area contributed by atoms with Crippen molar-refractivity contribution in [3.63, 3.8) is 0 Å². The Labute approximate surface area is 134 Å². The van der Waals surface area contributed by atoms with E-state index >= 15 is 0 Å². The van der Waals surface area contributed by atoms with Gasteiger partial charge in [0.2, 0.25) is 0 Å². The summed E-state index contributed by atoms with van der Waals surface area (Å²) in [6.45, 7) is 3.55. The molecule has 1 aliphatic rings. The van der Waals surface area contributed by atoms with Gasteiger partial charge in [-0.1, -0.05) is 6.07 Å². The fourth-order valence-corrected chi connectivity index (χ4v) is 3.15. The molecule has 1 aliphatic heterocycles. The van der Waals surface area contributed by atoms with Gasteiger partial charge < -0.3 is 16.0 Å². The van der Waals surface area contributed by atoms with E-state index in [1.54, 1.807) is 11.3 Å². The summed E-state index contributed by atoms with van der Waals surface area (Å²) < 4.78 is 0. The maximum atomic E-state index is 11.8. The van der Waals surface area contributed by atoms with Crippen LogP contribution < -0.4 is 16.0 Å². The summed E-state index contributed by atoms with van der Waals surface area (Å²) in [6, 6.07) is 5.93. The Morgan fingerprint density at radius 3 is 3.14 bits per heavy atom. The molecule has 5 nitrogen and oxygen atoms in total. The molecule has 22 heavy (non-hydrogen) atoms. The zero-order valence-electron chi connectivity index (χ0n) is 12.6. The number of nitrogens with one attached hydrogen (secondary N) is 3. The van der Waals surface area contributed by atoms with Crippen molar-refractivity contribution in [1.82, 2.24) is 10.3 Å². The third-order valence-electron chi connectivity index (χ3n) is 3.73. The number of pyridine rings is 1. The van der Waals surface area contributed by atoms with Crippen LogP contribution in [0.2, 0.25) is 0 Å². The third kappa shape index (κ3) is 3.57. The van der Waals surface area contributed by atoms with Crippen LogP contribution in [0.25, 0.3) is 0 Å². The first-order valence-electron chi connectivity index (χ1n) is 7.54. The van der Waals surface area contributed by atoms with Gasteiger partial charge in [-0.05, 0) is 42.8 Å². The minimum Gasteiger partial charge on any atom is -0.370 e. The molecular weight excluding hydrogens is 296 g/mol. The number of hydrogen-bond donors (Lipinski definition) is 3. The van der Waals surface area contributed by atoms with Crippen LogP contribution in [-0.4, -0.2) is 24.1 Å². The molecule has 0 radical (unpaired) electrons. The van der Waals surface area contributed by atoms with Gasteiger partial charge in [0.1, 0.15) is 5.82 Å². The van der Waals surface area contributed by atoms with Crippen LogP contribution in [0.4, 0.5) is 16.3 Å². The van der Waals surface area contributed by atoms with Gasteiger partial charge in [0, 0.05) is 30.1 Å². The lowest BCUT2D eigenvalue weighted by molar-refractivity contribution is 0.252. The van der Waals surface area contributed by atoms with Crippen molar-refractivity contribution in [2.24, 2.45) is 0 Å². The highest BCUT2D eigenvalue weighted by Crippen LogP contribution is 2.20. The van der Waals surface area contributed by atoms with Crippen LogP contribution >= 0.6 is 11.3 Å². The van der Waals surface area contributed by atoms with Gasteiger partial charge in [0.05, 0.1) is 5.69 Å². The molecule has 6 heteroatoms. The molecule has 3 heterocycles. The van der Waals surface area contributed by atoms with Gasteiger partial charge >= 0.3 is 6.03 Å². The zero-order chi connectivity index (χ0) is 15.4. The maximum absolute atomic E-state index is 11.8. The Morgan fingerprint density at radius 2 is 2.32 bits per heavy atom. The molecule has 0 atom stereocenters. The predicted molar refractivity (Wildman–Crippen MR) is 90.8 cm³/mol. The quantitative estimate of drug-likeness (QED) is 0.811. The second kappa shape index (κ2) is 6.79. The lowest BCUT2D eigenvalue weighted by atomic mass is 10.1. The Bertz CT molecular complexity index is 668. The van der Waals surface area contributed by atoms with Crippen molar-refractivity contribution in [3.05, 3.63) is 39.7 Å². The van der Waals surface area contributed by atoms with Crippen molar-refractivity contribution in [3.8, 4) is 0 Å². The zero-order valence-corrected chi connectivity index (χ0v) is 13.4. The van der Waals surface area contributed by atoms with Gasteiger partial charge in [-0.15, -0.1) is 11.3 Å². The van der Waals surface area contributed by atoms with E-state index in [9.17, 15) is 4.79 Å². The van der Waals surface area contributed by atoms with E-state index in [1.165, 1.54) is 5.56 Å². The van der Waals surface area contributed by atoms with E-state index in [1.807, 2.05) is 18.4 Å². The summed E-state index contributed by atoms with van der Waals surface area (Å²) in [4.78, 5) is 17.6. The molecule has 2 amide bonds. The summed E-state index contributed by atoms with van der Waals surface area (Å²) >= 11 is 1.62. The van der Waals surface area contributed by atoms with Crippen LogP contribution in [0.15, 0.2) is 23.6 Å². The Kier molecular flexibility index (Phi) is 4.58. The first-order chi connectivity index (χ1) is 10.7. The number of carbonyl (C=O) groups is 1. The van der Waals surface area contributed by atoms with E-state index in [0.717, 1.165) is 47.9 Å². The number of rotatable bonds is 4. The van der Waals surface area contributed by atoms with Crippen LogP contribution in [-0.2, 0) is 12.8 Å². The fraction of sp³-hybridized carbons (Fsp3) is 0.375. The number of thiophene rings is 1. The molecule has 0 aromatic carbocycles. The number of amides is 2. The number of nitrogens with zero attached hydrogens (tertiary/aromatic N) is 1. The smallest absolute Gasteiger partial charge is 0.319 e. The lowest BCUT2D eigenvalue weighted by Crippen LogP contribution is -2.30. The third-order valence-corrected chi connectivity index (χ3v) is 4.57. The van der Waals surface area contributed by atoms with Crippen LogP contribution in [0.3, 0.4) is 0 Å². The molecule has 0 aliphatic carbocycles. The average Bonchev–Trinajstić information content (AvgIpc) is 2.92. The number of carbonyl (C=O) groups excluding carboxylic acids is 1. The monoisotopic (exact) mass is 316 g/mol. The normalized spacial score (nSPS) is 13.1. The highest BCUT2D eigenvalue weighted by Gasteiger charge is 2.10. The maximum Gasteiger partial charge on any atom is 0.319 e. The van der Waals surface area contributed by atoms with E-state index < -0.39 is 0 Å². The molecule has 0 spiro atoms. The van der Waals surface area contributed by atoms with E-state index in [0.29, 0.717) is 6.54 Å². The van der Waals surface area contributed by atoms with Crippen LogP contribution in [0, 0.1) is 6.92 Å². The summed E-state index contributed by atoms with van der Waals surface area (Å²) in [5, 5.41) is 11.0. The van der Waals surface area contributed by atoms with Gasteiger partial charge in [-0.3, -0.25) is 0 Å². The number of hydrogen-bond acceptors (Lipinski definition) is 4. The molecule has 0 fully saturated rings. The molecule has 0 bridgehead atoms. The van der Waals surface area contributed by atoms with Crippen molar-refractivity contribution >= 4 is 28.9 Å². The molecule has 116 valence electrons. The summed E-state index contributed by atoms with van der Waals surface area (Å²) in [5.41, 5.74) is 3.16. The molecule has 2 aromatic rings. The highest BCUT2D eigenvalue weighted by molar-refractivity contribution is 7.10. The Balaban J connectivity index is 1.48. The molecule has 3 N–H and O–H groups in total. The van der Waals surface area contributed by atoms with Crippen molar-refractivity contribution in [2.45, 2.75) is 26.2 Å². The average molecular weight is 316 g/mol. The first kappa shape index (κ1) is 14.8. The minimum absolute atomic E-state index is 0.169. The second-order valence-corrected chi connectivity index (χ2v) is 6.48. The van der Waals surface area contributed by atoms with Crippen molar-refractivity contribution < 1.29 is 4.79 Å². The summed E-state index contributed by atoms with van der Waals surface area (Å²) in [7, 11) is 0. The van der Waals surface area contributed by atoms with Crippen molar-refractivity contribution in [1.29, 1.82) is 0 Å². The molecule has 0 saturated heterocycles. The Morgan fingerprint density at radius 1 is 1.41 bits per heavy atom. The molecular formula is C16H20N4OS. The van der Waals surface area contributed by atoms with Crippen LogP contribution in [0.1, 0.15) is 22.6 Å².